The maximum atomic E-state index is 12.5. The van der Waals surface area contributed by atoms with E-state index in [2.05, 4.69) is 25.5 Å². The molecular formula is C17H19N7O2S. The molecule has 1 saturated heterocycles. The van der Waals surface area contributed by atoms with Gasteiger partial charge in [-0.15, -0.1) is 0 Å². The summed E-state index contributed by atoms with van der Waals surface area (Å²) in [5, 5.41) is 9.72. The molecule has 0 saturated carbocycles. The maximum Gasteiger partial charge on any atom is 0.243 e. The van der Waals surface area contributed by atoms with Crippen LogP contribution < -0.4 is 11.1 Å². The third-order valence-corrected chi connectivity index (χ3v) is 6.30. The highest BCUT2D eigenvalue weighted by Gasteiger charge is 2.36. The van der Waals surface area contributed by atoms with Crippen LogP contribution in [0.3, 0.4) is 0 Å². The lowest BCUT2D eigenvalue weighted by atomic mass is 10.0. The minimum absolute atomic E-state index is 0.203. The Labute approximate surface area is 156 Å². The highest BCUT2D eigenvalue weighted by atomic mass is 32.2. The van der Waals surface area contributed by atoms with Crippen LogP contribution in [0.25, 0.3) is 11.3 Å². The third kappa shape index (κ3) is 3.49. The zero-order valence-electron chi connectivity index (χ0n) is 14.4. The van der Waals surface area contributed by atoms with Gasteiger partial charge in [0.05, 0.1) is 22.3 Å². The molecule has 4 N–H and O–H groups in total. The van der Waals surface area contributed by atoms with Crippen molar-refractivity contribution in [3.63, 3.8) is 0 Å². The fraction of sp³-hybridized carbons (Fsp3) is 0.235. The first-order valence-corrected chi connectivity index (χ1v) is 9.89. The molecule has 1 aliphatic rings. The van der Waals surface area contributed by atoms with Crippen LogP contribution in [-0.2, 0) is 10.0 Å². The summed E-state index contributed by atoms with van der Waals surface area (Å²) in [5.74, 6) is 1.12. The molecule has 2 aromatic heterocycles. The van der Waals surface area contributed by atoms with Crippen molar-refractivity contribution in [3.8, 4) is 11.3 Å². The van der Waals surface area contributed by atoms with Crippen molar-refractivity contribution >= 4 is 21.8 Å². The molecule has 0 aliphatic carbocycles. The van der Waals surface area contributed by atoms with E-state index in [1.165, 1.54) is 4.31 Å². The van der Waals surface area contributed by atoms with Crippen LogP contribution in [0.1, 0.15) is 0 Å². The molecule has 3 aromatic rings. The molecule has 0 unspecified atom stereocenters. The third-order valence-electron chi connectivity index (χ3n) is 4.45. The van der Waals surface area contributed by atoms with E-state index in [0.717, 1.165) is 0 Å². The second-order valence-corrected chi connectivity index (χ2v) is 8.28. The fourth-order valence-corrected chi connectivity index (χ4v) is 4.53. The van der Waals surface area contributed by atoms with Crippen LogP contribution in [0.4, 0.5) is 11.8 Å². The van der Waals surface area contributed by atoms with Crippen molar-refractivity contribution in [2.45, 2.75) is 4.90 Å². The summed E-state index contributed by atoms with van der Waals surface area (Å²) in [6, 6.07) is 10.2. The van der Waals surface area contributed by atoms with Gasteiger partial charge in [0, 0.05) is 31.7 Å². The Morgan fingerprint density at radius 3 is 2.70 bits per heavy atom. The van der Waals surface area contributed by atoms with E-state index < -0.39 is 10.0 Å². The van der Waals surface area contributed by atoms with Gasteiger partial charge in [-0.25, -0.2) is 18.4 Å². The molecule has 9 nitrogen and oxygen atoms in total. The number of hydrogen-bond donors (Lipinski definition) is 3. The first-order chi connectivity index (χ1) is 13.0. The molecule has 1 aliphatic heterocycles. The topological polar surface area (TPSA) is 130 Å². The predicted octanol–water partition coefficient (Wildman–Crippen LogP) is 1.18. The zero-order chi connectivity index (χ0) is 18.9. The average Bonchev–Trinajstić information content (AvgIpc) is 3.07. The molecule has 3 heterocycles. The minimum Gasteiger partial charge on any atom is -0.384 e. The smallest absolute Gasteiger partial charge is 0.243 e. The zero-order valence-corrected chi connectivity index (χ0v) is 15.2. The lowest BCUT2D eigenvalue weighted by Gasteiger charge is -2.38. The van der Waals surface area contributed by atoms with Gasteiger partial charge in [0.1, 0.15) is 5.82 Å². The van der Waals surface area contributed by atoms with Crippen LogP contribution in [0.5, 0.6) is 0 Å². The highest BCUT2D eigenvalue weighted by Crippen LogP contribution is 2.25. The fourth-order valence-electron chi connectivity index (χ4n) is 2.92. The SMILES string of the molecule is Nc1[nH]ncc1-c1ccnc(NCC2CN(S(=O)(=O)c3ccccc3)C2)n1. The molecule has 0 spiro atoms. The average molecular weight is 385 g/mol. The summed E-state index contributed by atoms with van der Waals surface area (Å²) >= 11 is 0. The van der Waals surface area contributed by atoms with Gasteiger partial charge in [0.2, 0.25) is 16.0 Å². The van der Waals surface area contributed by atoms with Crippen LogP contribution in [0, 0.1) is 5.92 Å². The quantitative estimate of drug-likeness (QED) is 0.581. The lowest BCUT2D eigenvalue weighted by Crippen LogP contribution is -2.52. The predicted molar refractivity (Wildman–Crippen MR) is 101 cm³/mol. The normalized spacial score (nSPS) is 15.4. The van der Waals surface area contributed by atoms with E-state index in [4.69, 9.17) is 5.73 Å². The second kappa shape index (κ2) is 6.97. The monoisotopic (exact) mass is 385 g/mol. The van der Waals surface area contributed by atoms with Crippen molar-refractivity contribution in [2.24, 2.45) is 5.92 Å². The summed E-state index contributed by atoms with van der Waals surface area (Å²) in [7, 11) is -3.41. The first kappa shape index (κ1) is 17.4. The molecule has 0 bridgehead atoms. The van der Waals surface area contributed by atoms with Crippen molar-refractivity contribution in [1.82, 2.24) is 24.5 Å². The Morgan fingerprint density at radius 2 is 2.00 bits per heavy atom. The van der Waals surface area contributed by atoms with E-state index >= 15 is 0 Å². The second-order valence-electron chi connectivity index (χ2n) is 6.34. The Hall–Kier alpha value is -2.98. The van der Waals surface area contributed by atoms with Crippen molar-refractivity contribution in [1.29, 1.82) is 0 Å². The van der Waals surface area contributed by atoms with E-state index in [1.54, 1.807) is 48.8 Å². The summed E-state index contributed by atoms with van der Waals surface area (Å²) in [5.41, 5.74) is 7.20. The Bertz CT molecular complexity index is 1030. The maximum absolute atomic E-state index is 12.5. The first-order valence-electron chi connectivity index (χ1n) is 8.45. The summed E-state index contributed by atoms with van der Waals surface area (Å²) in [6.45, 7) is 1.53. The number of aromatic nitrogens is 4. The van der Waals surface area contributed by atoms with E-state index in [1.807, 2.05) is 0 Å². The standard InChI is InChI=1S/C17H19N7O2S/c18-16-14(9-21-23-16)15-6-7-19-17(22-15)20-8-12-10-24(11-12)27(25,26)13-4-2-1-3-5-13/h1-7,9,12H,8,10-11H2,(H3,18,21,23)(H,19,20,22). The number of hydrogen-bond acceptors (Lipinski definition) is 7. The summed E-state index contributed by atoms with van der Waals surface area (Å²) < 4.78 is 26.5. The molecule has 0 radical (unpaired) electrons. The number of nitrogens with zero attached hydrogens (tertiary/aromatic N) is 4. The number of nitrogens with two attached hydrogens (primary N) is 1. The van der Waals surface area contributed by atoms with Crippen LogP contribution >= 0.6 is 0 Å². The van der Waals surface area contributed by atoms with Crippen LogP contribution in [0.2, 0.25) is 0 Å². The summed E-state index contributed by atoms with van der Waals surface area (Å²) in [4.78, 5) is 8.95. The molecule has 4 rings (SSSR count). The van der Waals surface area contributed by atoms with Gasteiger partial charge in [-0.05, 0) is 18.2 Å². The summed E-state index contributed by atoms with van der Waals surface area (Å²) in [6.07, 6.45) is 3.25. The Kier molecular flexibility index (Phi) is 4.50. The van der Waals surface area contributed by atoms with Crippen molar-refractivity contribution in [3.05, 3.63) is 48.8 Å². The van der Waals surface area contributed by atoms with Gasteiger partial charge in [-0.2, -0.15) is 9.40 Å². The Morgan fingerprint density at radius 1 is 1.22 bits per heavy atom. The van der Waals surface area contributed by atoms with Crippen molar-refractivity contribution < 1.29 is 8.42 Å². The molecule has 1 fully saturated rings. The highest BCUT2D eigenvalue weighted by molar-refractivity contribution is 7.89. The lowest BCUT2D eigenvalue weighted by molar-refractivity contribution is 0.211. The molecule has 1 aromatic carbocycles. The van der Waals surface area contributed by atoms with Crippen molar-refractivity contribution in [2.75, 3.05) is 30.7 Å². The number of rotatable bonds is 6. The van der Waals surface area contributed by atoms with Gasteiger partial charge in [-0.3, -0.25) is 5.10 Å². The molecule has 0 amide bonds. The van der Waals surface area contributed by atoms with E-state index in [0.29, 0.717) is 47.6 Å². The van der Waals surface area contributed by atoms with Gasteiger partial charge in [0.25, 0.3) is 0 Å². The number of anilines is 2. The molecule has 10 heteroatoms. The number of nitrogens with one attached hydrogen (secondary N) is 2. The van der Waals surface area contributed by atoms with E-state index in [-0.39, 0.29) is 5.92 Å². The number of sulfonamides is 1. The van der Waals surface area contributed by atoms with Crippen LogP contribution in [-0.4, -0.2) is 52.5 Å². The van der Waals surface area contributed by atoms with Gasteiger partial charge in [0.15, 0.2) is 0 Å². The van der Waals surface area contributed by atoms with Gasteiger partial charge >= 0.3 is 0 Å². The number of H-pyrrole nitrogens is 1. The molecular weight excluding hydrogens is 366 g/mol. The number of nitrogen functional groups attached to an aromatic ring is 1. The Balaban J connectivity index is 1.35. The number of aromatic amines is 1. The molecule has 0 atom stereocenters. The van der Waals surface area contributed by atoms with Gasteiger partial charge < -0.3 is 11.1 Å². The largest absolute Gasteiger partial charge is 0.384 e. The van der Waals surface area contributed by atoms with E-state index in [9.17, 15) is 8.42 Å². The number of benzene rings is 1. The van der Waals surface area contributed by atoms with Gasteiger partial charge in [-0.1, -0.05) is 18.2 Å². The molecule has 140 valence electrons. The van der Waals surface area contributed by atoms with Crippen LogP contribution in [0.15, 0.2) is 53.7 Å². The minimum atomic E-state index is -3.41. The molecule has 27 heavy (non-hydrogen) atoms.